The van der Waals surface area contributed by atoms with Crippen molar-refractivity contribution in [1.29, 1.82) is 0 Å². The first-order valence-corrected chi connectivity index (χ1v) is 5.31. The summed E-state index contributed by atoms with van der Waals surface area (Å²) >= 11 is 2.01. The van der Waals surface area contributed by atoms with Crippen molar-refractivity contribution in [1.82, 2.24) is 15.1 Å². The maximum atomic E-state index is 4.16. The summed E-state index contributed by atoms with van der Waals surface area (Å²) in [6, 6.07) is 0.512. The fraction of sp³-hybridized carbons (Fsp3) is 0.625. The summed E-state index contributed by atoms with van der Waals surface area (Å²) in [4.78, 5) is 0. The largest absolute Gasteiger partial charge is 0.308 e. The zero-order valence-corrected chi connectivity index (χ0v) is 7.97. The van der Waals surface area contributed by atoms with Gasteiger partial charge in [-0.05, 0) is 0 Å². The molecule has 0 radical (unpaired) electrons. The van der Waals surface area contributed by atoms with Crippen molar-refractivity contribution in [3.05, 3.63) is 18.0 Å². The summed E-state index contributed by atoms with van der Waals surface area (Å²) in [6.07, 6.45) is 4.03. The number of hydrogen-bond acceptors (Lipinski definition) is 3. The quantitative estimate of drug-likeness (QED) is 0.698. The lowest BCUT2D eigenvalue weighted by molar-refractivity contribution is 0.594. The molecule has 1 atom stereocenters. The molecule has 0 saturated carbocycles. The van der Waals surface area contributed by atoms with Crippen LogP contribution in [0.15, 0.2) is 12.4 Å². The minimum Gasteiger partial charge on any atom is -0.308 e. The molecule has 0 spiro atoms. The number of aryl methyl sites for hydroxylation is 1. The first kappa shape index (κ1) is 8.13. The van der Waals surface area contributed by atoms with E-state index in [1.165, 1.54) is 17.1 Å². The van der Waals surface area contributed by atoms with Gasteiger partial charge in [0.1, 0.15) is 0 Å². The molecule has 1 aliphatic heterocycles. The van der Waals surface area contributed by atoms with E-state index >= 15 is 0 Å². The molecule has 0 bridgehead atoms. The van der Waals surface area contributed by atoms with E-state index in [1.807, 2.05) is 29.7 Å². The maximum absolute atomic E-state index is 4.16. The third kappa shape index (κ3) is 1.64. The molecule has 66 valence electrons. The van der Waals surface area contributed by atoms with Gasteiger partial charge in [-0.3, -0.25) is 4.68 Å². The SMILES string of the molecule is Cn1cc([C@H]2CSCCN2)cn1. The second kappa shape index (κ2) is 3.49. The van der Waals surface area contributed by atoms with Crippen LogP contribution in [0.1, 0.15) is 11.6 Å². The van der Waals surface area contributed by atoms with Gasteiger partial charge >= 0.3 is 0 Å². The molecule has 1 aliphatic rings. The van der Waals surface area contributed by atoms with Gasteiger partial charge in [0.15, 0.2) is 0 Å². The standard InChI is InChI=1S/C8H13N3S/c1-11-5-7(4-10-11)8-6-12-3-2-9-8/h4-5,8-9H,2-3,6H2,1H3/t8-/m1/s1. The van der Waals surface area contributed by atoms with E-state index in [9.17, 15) is 0 Å². The van der Waals surface area contributed by atoms with Gasteiger partial charge in [0.25, 0.3) is 0 Å². The van der Waals surface area contributed by atoms with Crippen molar-refractivity contribution < 1.29 is 0 Å². The van der Waals surface area contributed by atoms with Crippen LogP contribution >= 0.6 is 11.8 Å². The van der Waals surface area contributed by atoms with Gasteiger partial charge in [-0.1, -0.05) is 0 Å². The van der Waals surface area contributed by atoms with Crippen LogP contribution in [0.5, 0.6) is 0 Å². The Labute approximate surface area is 76.5 Å². The van der Waals surface area contributed by atoms with E-state index < -0.39 is 0 Å². The van der Waals surface area contributed by atoms with Crippen LogP contribution in [0.2, 0.25) is 0 Å². The molecule has 2 heterocycles. The number of thioether (sulfide) groups is 1. The monoisotopic (exact) mass is 183 g/mol. The Kier molecular flexibility index (Phi) is 2.37. The Balaban J connectivity index is 2.08. The summed E-state index contributed by atoms with van der Waals surface area (Å²) in [5.41, 5.74) is 1.31. The molecular weight excluding hydrogens is 170 g/mol. The zero-order chi connectivity index (χ0) is 8.39. The van der Waals surface area contributed by atoms with E-state index in [1.54, 1.807) is 0 Å². The third-order valence-electron chi connectivity index (χ3n) is 2.05. The highest BCUT2D eigenvalue weighted by Gasteiger charge is 2.15. The van der Waals surface area contributed by atoms with Crippen LogP contribution in [0, 0.1) is 0 Å². The second-order valence-corrected chi connectivity index (χ2v) is 4.18. The molecule has 4 heteroatoms. The predicted octanol–water partition coefficient (Wildman–Crippen LogP) is 0.798. The highest BCUT2D eigenvalue weighted by molar-refractivity contribution is 7.99. The Hall–Kier alpha value is -0.480. The fourth-order valence-electron chi connectivity index (χ4n) is 1.40. The average molecular weight is 183 g/mol. The smallest absolute Gasteiger partial charge is 0.0537 e. The molecule has 0 aliphatic carbocycles. The molecule has 0 unspecified atom stereocenters. The molecule has 1 aromatic rings. The average Bonchev–Trinajstić information content (AvgIpc) is 2.54. The van der Waals surface area contributed by atoms with Crippen molar-refractivity contribution in [2.24, 2.45) is 7.05 Å². The molecule has 1 fully saturated rings. The number of nitrogens with one attached hydrogen (secondary N) is 1. The Morgan fingerprint density at radius 3 is 3.25 bits per heavy atom. The lowest BCUT2D eigenvalue weighted by atomic mass is 10.2. The van der Waals surface area contributed by atoms with E-state index in [-0.39, 0.29) is 0 Å². The molecule has 12 heavy (non-hydrogen) atoms. The van der Waals surface area contributed by atoms with Gasteiger partial charge in [-0.15, -0.1) is 0 Å². The Morgan fingerprint density at radius 1 is 1.75 bits per heavy atom. The molecule has 3 nitrogen and oxygen atoms in total. The second-order valence-electron chi connectivity index (χ2n) is 3.03. The van der Waals surface area contributed by atoms with Gasteiger partial charge in [0.2, 0.25) is 0 Å². The van der Waals surface area contributed by atoms with E-state index in [4.69, 9.17) is 0 Å². The first-order valence-electron chi connectivity index (χ1n) is 4.16. The molecular formula is C8H13N3S. The van der Waals surface area contributed by atoms with Crippen LogP contribution in [0.25, 0.3) is 0 Å². The third-order valence-corrected chi connectivity index (χ3v) is 3.11. The normalized spacial score (nSPS) is 24.2. The van der Waals surface area contributed by atoms with Crippen molar-refractivity contribution in [2.75, 3.05) is 18.1 Å². The van der Waals surface area contributed by atoms with Gasteiger partial charge in [0, 0.05) is 42.9 Å². The molecule has 1 saturated heterocycles. The van der Waals surface area contributed by atoms with Gasteiger partial charge < -0.3 is 5.32 Å². The molecule has 2 rings (SSSR count). The maximum Gasteiger partial charge on any atom is 0.0537 e. The Morgan fingerprint density at radius 2 is 2.67 bits per heavy atom. The first-order chi connectivity index (χ1) is 5.86. The number of hydrogen-bond donors (Lipinski definition) is 1. The summed E-state index contributed by atoms with van der Waals surface area (Å²) in [7, 11) is 1.96. The highest BCUT2D eigenvalue weighted by Crippen LogP contribution is 2.20. The van der Waals surface area contributed by atoms with Gasteiger partial charge in [-0.25, -0.2) is 0 Å². The van der Waals surface area contributed by atoms with E-state index in [0.29, 0.717) is 6.04 Å². The van der Waals surface area contributed by atoms with Gasteiger partial charge in [-0.2, -0.15) is 16.9 Å². The Bertz CT molecular complexity index is 253. The summed E-state index contributed by atoms with van der Waals surface area (Å²) in [5, 5.41) is 7.63. The van der Waals surface area contributed by atoms with Crippen LogP contribution in [0.3, 0.4) is 0 Å². The molecule has 0 amide bonds. The van der Waals surface area contributed by atoms with Crippen LogP contribution < -0.4 is 5.32 Å². The highest BCUT2D eigenvalue weighted by atomic mass is 32.2. The van der Waals surface area contributed by atoms with Crippen molar-refractivity contribution in [2.45, 2.75) is 6.04 Å². The minimum absolute atomic E-state index is 0.512. The van der Waals surface area contributed by atoms with E-state index in [0.717, 1.165) is 6.54 Å². The minimum atomic E-state index is 0.512. The van der Waals surface area contributed by atoms with Crippen LogP contribution in [-0.2, 0) is 7.05 Å². The lowest BCUT2D eigenvalue weighted by Crippen LogP contribution is -2.29. The van der Waals surface area contributed by atoms with Crippen molar-refractivity contribution >= 4 is 11.8 Å². The zero-order valence-electron chi connectivity index (χ0n) is 7.16. The topological polar surface area (TPSA) is 29.9 Å². The van der Waals surface area contributed by atoms with Crippen LogP contribution in [0.4, 0.5) is 0 Å². The summed E-state index contributed by atoms with van der Waals surface area (Å²) in [5.74, 6) is 2.41. The number of nitrogens with zero attached hydrogens (tertiary/aromatic N) is 2. The van der Waals surface area contributed by atoms with Gasteiger partial charge in [0.05, 0.1) is 6.20 Å². The molecule has 0 aromatic carbocycles. The predicted molar refractivity (Wildman–Crippen MR) is 51.3 cm³/mol. The summed E-state index contributed by atoms with van der Waals surface area (Å²) in [6.45, 7) is 1.12. The lowest BCUT2D eigenvalue weighted by Gasteiger charge is -2.21. The molecule has 1 N–H and O–H groups in total. The number of aromatic nitrogens is 2. The molecule has 1 aromatic heterocycles. The number of rotatable bonds is 1. The summed E-state index contributed by atoms with van der Waals surface area (Å²) < 4.78 is 1.86. The fourth-order valence-corrected chi connectivity index (χ4v) is 2.37. The van der Waals surface area contributed by atoms with E-state index in [2.05, 4.69) is 16.6 Å². The van der Waals surface area contributed by atoms with Crippen LogP contribution in [-0.4, -0.2) is 27.8 Å². The van der Waals surface area contributed by atoms with Crippen molar-refractivity contribution in [3.63, 3.8) is 0 Å². The van der Waals surface area contributed by atoms with Crippen molar-refractivity contribution in [3.8, 4) is 0 Å².